The summed E-state index contributed by atoms with van der Waals surface area (Å²) in [4.78, 5) is 12.5. The fraction of sp³-hybridized carbons (Fsp3) is 0.235. The summed E-state index contributed by atoms with van der Waals surface area (Å²) >= 11 is 0. The van der Waals surface area contributed by atoms with Crippen LogP contribution in [0.25, 0.3) is 0 Å². The molecule has 1 N–H and O–H groups in total. The number of hydrogen-bond acceptors (Lipinski definition) is 1. The van der Waals surface area contributed by atoms with E-state index in [0.29, 0.717) is 18.4 Å². The number of rotatable bonds is 3. The number of carbonyl (C=O) groups excluding carboxylic acids is 1. The fourth-order valence-electron chi connectivity index (χ4n) is 2.55. The Morgan fingerprint density at radius 2 is 1.75 bits per heavy atom. The smallest absolute Gasteiger partial charge is 0.235 e. The van der Waals surface area contributed by atoms with Crippen molar-refractivity contribution < 1.29 is 9.18 Å². The molecule has 0 radical (unpaired) electrons. The summed E-state index contributed by atoms with van der Waals surface area (Å²) in [6, 6.07) is 14.2. The first-order valence-electron chi connectivity index (χ1n) is 6.75. The van der Waals surface area contributed by atoms with Crippen LogP contribution in [0.3, 0.4) is 0 Å². The third-order valence-corrected chi connectivity index (χ3v) is 3.97. The van der Waals surface area contributed by atoms with E-state index in [-0.39, 0.29) is 11.7 Å². The molecule has 1 saturated carbocycles. The number of aryl methyl sites for hydroxylation is 1. The molecular weight excluding hydrogens is 253 g/mol. The van der Waals surface area contributed by atoms with E-state index in [4.69, 9.17) is 0 Å². The summed E-state index contributed by atoms with van der Waals surface area (Å²) in [5.41, 5.74) is 1.62. The van der Waals surface area contributed by atoms with E-state index in [9.17, 15) is 9.18 Å². The average Bonchev–Trinajstić information content (AvgIpc) is 3.23. The summed E-state index contributed by atoms with van der Waals surface area (Å²) < 4.78 is 13.9. The van der Waals surface area contributed by atoms with Crippen LogP contribution < -0.4 is 5.32 Å². The van der Waals surface area contributed by atoms with Crippen molar-refractivity contribution in [1.82, 2.24) is 0 Å². The second kappa shape index (κ2) is 4.75. The molecule has 102 valence electrons. The molecule has 3 rings (SSSR count). The van der Waals surface area contributed by atoms with Crippen molar-refractivity contribution in [2.45, 2.75) is 25.2 Å². The lowest BCUT2D eigenvalue weighted by atomic mass is 9.94. The van der Waals surface area contributed by atoms with Crippen molar-refractivity contribution in [3.8, 4) is 0 Å². The minimum Gasteiger partial charge on any atom is -0.325 e. The molecule has 2 nitrogen and oxygen atoms in total. The lowest BCUT2D eigenvalue weighted by Gasteiger charge is -2.17. The molecular formula is C17H16FNO. The van der Waals surface area contributed by atoms with E-state index in [1.54, 1.807) is 18.2 Å². The lowest BCUT2D eigenvalue weighted by Crippen LogP contribution is -2.29. The Kier molecular flexibility index (Phi) is 3.05. The van der Waals surface area contributed by atoms with Crippen LogP contribution in [0.4, 0.5) is 10.1 Å². The van der Waals surface area contributed by atoms with Gasteiger partial charge in [-0.1, -0.05) is 36.4 Å². The molecule has 0 spiro atoms. The predicted octanol–water partition coefficient (Wildman–Crippen LogP) is 3.80. The van der Waals surface area contributed by atoms with Crippen molar-refractivity contribution in [2.75, 3.05) is 5.32 Å². The van der Waals surface area contributed by atoms with Gasteiger partial charge in [-0.15, -0.1) is 0 Å². The van der Waals surface area contributed by atoms with Gasteiger partial charge >= 0.3 is 0 Å². The normalized spacial score (nSPS) is 15.7. The molecule has 0 unspecified atom stereocenters. The van der Waals surface area contributed by atoms with Gasteiger partial charge in [0, 0.05) is 11.3 Å². The Morgan fingerprint density at radius 1 is 1.10 bits per heavy atom. The van der Waals surface area contributed by atoms with Crippen LogP contribution >= 0.6 is 0 Å². The van der Waals surface area contributed by atoms with Crippen molar-refractivity contribution in [1.29, 1.82) is 0 Å². The average molecular weight is 269 g/mol. The monoisotopic (exact) mass is 269 g/mol. The maximum Gasteiger partial charge on any atom is 0.235 e. The summed E-state index contributed by atoms with van der Waals surface area (Å²) in [6.07, 6.45) is 1.40. The number of carbonyl (C=O) groups is 1. The van der Waals surface area contributed by atoms with Crippen LogP contribution in [-0.4, -0.2) is 5.91 Å². The maximum absolute atomic E-state index is 13.9. The highest BCUT2D eigenvalue weighted by Gasteiger charge is 2.52. The number of hydrogen-bond donors (Lipinski definition) is 1. The van der Waals surface area contributed by atoms with Crippen LogP contribution in [0.1, 0.15) is 24.0 Å². The van der Waals surface area contributed by atoms with Gasteiger partial charge in [0.2, 0.25) is 5.91 Å². The largest absolute Gasteiger partial charge is 0.325 e. The third kappa shape index (κ3) is 2.09. The Balaban J connectivity index is 1.88. The Hall–Kier alpha value is -2.16. The Morgan fingerprint density at radius 3 is 2.40 bits per heavy atom. The zero-order valence-electron chi connectivity index (χ0n) is 11.3. The van der Waals surface area contributed by atoms with E-state index in [1.165, 1.54) is 6.07 Å². The van der Waals surface area contributed by atoms with Gasteiger partial charge in [-0.25, -0.2) is 4.39 Å². The molecule has 1 aliphatic carbocycles. The molecule has 0 atom stereocenters. The zero-order chi connectivity index (χ0) is 14.2. The van der Waals surface area contributed by atoms with Gasteiger partial charge < -0.3 is 5.32 Å². The summed E-state index contributed by atoms with van der Waals surface area (Å²) in [5, 5.41) is 2.93. The first-order chi connectivity index (χ1) is 9.63. The molecule has 2 aromatic rings. The van der Waals surface area contributed by atoms with Gasteiger partial charge in [0.15, 0.2) is 0 Å². The highest BCUT2D eigenvalue weighted by atomic mass is 19.1. The SMILES string of the molecule is Cc1ccccc1NC(=O)C1(c2ccccc2F)CC1. The van der Waals surface area contributed by atoms with Crippen LogP contribution in [0, 0.1) is 12.7 Å². The van der Waals surface area contributed by atoms with E-state index in [0.717, 1.165) is 11.3 Å². The van der Waals surface area contributed by atoms with E-state index >= 15 is 0 Å². The predicted molar refractivity (Wildman–Crippen MR) is 77.1 cm³/mol. The highest BCUT2D eigenvalue weighted by Crippen LogP contribution is 2.49. The number of amides is 1. The second-order valence-corrected chi connectivity index (χ2v) is 5.33. The minimum absolute atomic E-state index is 0.114. The Bertz CT molecular complexity index is 662. The van der Waals surface area contributed by atoms with Crippen molar-refractivity contribution in [3.05, 3.63) is 65.5 Å². The topological polar surface area (TPSA) is 29.1 Å². The first-order valence-corrected chi connectivity index (χ1v) is 6.75. The number of halogens is 1. The van der Waals surface area contributed by atoms with Crippen molar-refractivity contribution >= 4 is 11.6 Å². The lowest BCUT2D eigenvalue weighted by molar-refractivity contribution is -0.118. The number of para-hydroxylation sites is 1. The molecule has 0 heterocycles. The molecule has 0 aromatic heterocycles. The van der Waals surface area contributed by atoms with Crippen LogP contribution in [0.2, 0.25) is 0 Å². The van der Waals surface area contributed by atoms with Gasteiger partial charge in [0.1, 0.15) is 5.82 Å². The molecule has 0 bridgehead atoms. The molecule has 1 amide bonds. The Labute approximate surface area is 117 Å². The minimum atomic E-state index is -0.687. The van der Waals surface area contributed by atoms with Crippen LogP contribution in [0.5, 0.6) is 0 Å². The van der Waals surface area contributed by atoms with Gasteiger partial charge in [0.25, 0.3) is 0 Å². The van der Waals surface area contributed by atoms with E-state index in [1.807, 2.05) is 31.2 Å². The number of nitrogens with one attached hydrogen (secondary N) is 1. The second-order valence-electron chi connectivity index (χ2n) is 5.33. The molecule has 1 aliphatic rings. The van der Waals surface area contributed by atoms with E-state index < -0.39 is 5.41 Å². The zero-order valence-corrected chi connectivity index (χ0v) is 11.3. The van der Waals surface area contributed by atoms with Crippen LogP contribution in [-0.2, 0) is 10.2 Å². The first kappa shape index (κ1) is 12.9. The fourth-order valence-corrected chi connectivity index (χ4v) is 2.55. The molecule has 3 heteroatoms. The molecule has 20 heavy (non-hydrogen) atoms. The van der Waals surface area contributed by atoms with Gasteiger partial charge in [-0.3, -0.25) is 4.79 Å². The van der Waals surface area contributed by atoms with Crippen molar-refractivity contribution in [2.24, 2.45) is 0 Å². The standard InChI is InChI=1S/C17H16FNO/c1-12-6-2-5-9-15(12)19-16(20)17(10-11-17)13-7-3-4-8-14(13)18/h2-9H,10-11H2,1H3,(H,19,20). The molecule has 2 aromatic carbocycles. The highest BCUT2D eigenvalue weighted by molar-refractivity contribution is 6.01. The van der Waals surface area contributed by atoms with Gasteiger partial charge in [-0.05, 0) is 37.5 Å². The maximum atomic E-state index is 13.9. The summed E-state index contributed by atoms with van der Waals surface area (Å²) in [6.45, 7) is 1.94. The quantitative estimate of drug-likeness (QED) is 0.902. The van der Waals surface area contributed by atoms with Gasteiger partial charge in [-0.2, -0.15) is 0 Å². The number of anilines is 1. The van der Waals surface area contributed by atoms with E-state index in [2.05, 4.69) is 5.32 Å². The van der Waals surface area contributed by atoms with Crippen LogP contribution in [0.15, 0.2) is 48.5 Å². The number of benzene rings is 2. The molecule has 1 fully saturated rings. The molecule has 0 saturated heterocycles. The third-order valence-electron chi connectivity index (χ3n) is 3.97. The van der Waals surface area contributed by atoms with Gasteiger partial charge in [0.05, 0.1) is 5.41 Å². The van der Waals surface area contributed by atoms with Crippen molar-refractivity contribution in [3.63, 3.8) is 0 Å². The summed E-state index contributed by atoms with van der Waals surface area (Å²) in [7, 11) is 0. The molecule has 0 aliphatic heterocycles. The summed E-state index contributed by atoms with van der Waals surface area (Å²) in [5.74, 6) is -0.415.